The van der Waals surface area contributed by atoms with Gasteiger partial charge in [-0.15, -0.1) is 11.3 Å². The number of para-hydroxylation sites is 2. The second-order valence-corrected chi connectivity index (χ2v) is 4.88. The number of rotatable bonds is 5. The molecule has 6 nitrogen and oxygen atoms in total. The zero-order chi connectivity index (χ0) is 15.2. The zero-order valence-electron chi connectivity index (χ0n) is 11.2. The maximum atomic E-state index is 11.8. The lowest BCUT2D eigenvalue weighted by molar-refractivity contribution is -0.118. The summed E-state index contributed by atoms with van der Waals surface area (Å²) in [6.07, 6.45) is 0. The Hall–Kier alpha value is -2.54. The van der Waals surface area contributed by atoms with Crippen LogP contribution < -0.4 is 10.1 Å². The molecule has 0 fully saturated rings. The van der Waals surface area contributed by atoms with Crippen molar-refractivity contribution in [3.63, 3.8) is 0 Å². The average Bonchev–Trinajstić information content (AvgIpc) is 2.93. The molecule has 0 radical (unpaired) electrons. The summed E-state index contributed by atoms with van der Waals surface area (Å²) in [7, 11) is 1.27. The quantitative estimate of drug-likeness (QED) is 0.828. The lowest BCUT2D eigenvalue weighted by Gasteiger charge is -2.08. The van der Waals surface area contributed by atoms with Crippen molar-refractivity contribution in [3.05, 3.63) is 40.6 Å². The second kappa shape index (κ2) is 6.76. The van der Waals surface area contributed by atoms with Gasteiger partial charge in [0.05, 0.1) is 12.8 Å². The molecule has 7 heteroatoms. The smallest absolute Gasteiger partial charge is 0.350 e. The lowest BCUT2D eigenvalue weighted by Crippen LogP contribution is -2.21. The molecule has 110 valence electrons. The minimum Gasteiger partial charge on any atom is -0.504 e. The summed E-state index contributed by atoms with van der Waals surface area (Å²) >= 11 is 1.17. The number of anilines is 1. The van der Waals surface area contributed by atoms with Gasteiger partial charge in [0.25, 0.3) is 5.91 Å². The van der Waals surface area contributed by atoms with Crippen molar-refractivity contribution in [2.24, 2.45) is 0 Å². The molecule has 0 atom stereocenters. The largest absolute Gasteiger partial charge is 0.504 e. The maximum absolute atomic E-state index is 11.8. The van der Waals surface area contributed by atoms with Crippen LogP contribution in [0.15, 0.2) is 35.7 Å². The molecule has 0 aliphatic rings. The van der Waals surface area contributed by atoms with Gasteiger partial charge in [0.2, 0.25) is 0 Å². The fourth-order valence-electron chi connectivity index (χ4n) is 1.57. The van der Waals surface area contributed by atoms with E-state index in [0.29, 0.717) is 10.6 Å². The highest BCUT2D eigenvalue weighted by Gasteiger charge is 2.16. The number of carbonyl (C=O) groups excluding carboxylic acids is 2. The number of phenolic OH excluding ortho intramolecular Hbond substituents is 1. The van der Waals surface area contributed by atoms with Crippen LogP contribution in [0.5, 0.6) is 11.5 Å². The van der Waals surface area contributed by atoms with Crippen LogP contribution in [0, 0.1) is 0 Å². The van der Waals surface area contributed by atoms with Crippen LogP contribution in [0.25, 0.3) is 0 Å². The molecule has 2 aromatic rings. The van der Waals surface area contributed by atoms with Gasteiger partial charge in [-0.3, -0.25) is 4.79 Å². The number of thiophene rings is 1. The first-order valence-electron chi connectivity index (χ1n) is 5.98. The number of phenols is 1. The molecule has 1 amide bonds. The molecule has 21 heavy (non-hydrogen) atoms. The highest BCUT2D eigenvalue weighted by Crippen LogP contribution is 2.25. The summed E-state index contributed by atoms with van der Waals surface area (Å²) in [6, 6.07) is 7.95. The van der Waals surface area contributed by atoms with E-state index in [-0.39, 0.29) is 18.1 Å². The molecule has 1 heterocycles. The molecule has 0 aliphatic carbocycles. The Morgan fingerprint density at radius 2 is 2.05 bits per heavy atom. The topological polar surface area (TPSA) is 84.9 Å². The highest BCUT2D eigenvalue weighted by molar-refractivity contribution is 7.12. The van der Waals surface area contributed by atoms with E-state index >= 15 is 0 Å². The number of ether oxygens (including phenoxy) is 2. The SMILES string of the molecule is COC(=O)c1sccc1NC(=O)COc1ccccc1O. The predicted octanol–water partition coefficient (Wildman–Crippen LogP) is 2.26. The molecule has 1 aromatic heterocycles. The van der Waals surface area contributed by atoms with Gasteiger partial charge in [-0.25, -0.2) is 4.79 Å². The molecule has 0 aliphatic heterocycles. The van der Waals surface area contributed by atoms with Crippen molar-refractivity contribution in [3.8, 4) is 11.5 Å². The summed E-state index contributed by atoms with van der Waals surface area (Å²) in [5, 5.41) is 13.7. The molecule has 0 spiro atoms. The molecule has 2 N–H and O–H groups in total. The monoisotopic (exact) mass is 307 g/mol. The van der Waals surface area contributed by atoms with Crippen molar-refractivity contribution in [2.45, 2.75) is 0 Å². The van der Waals surface area contributed by atoms with Gasteiger partial charge in [-0.2, -0.15) is 0 Å². The maximum Gasteiger partial charge on any atom is 0.350 e. The number of aromatic hydroxyl groups is 1. The number of carbonyl (C=O) groups is 2. The van der Waals surface area contributed by atoms with E-state index in [1.54, 1.807) is 29.6 Å². The van der Waals surface area contributed by atoms with Gasteiger partial charge in [0.1, 0.15) is 4.88 Å². The summed E-state index contributed by atoms with van der Waals surface area (Å²) in [5.74, 6) is -0.786. The molecular formula is C14H13NO5S. The van der Waals surface area contributed by atoms with Crippen molar-refractivity contribution in [1.29, 1.82) is 0 Å². The van der Waals surface area contributed by atoms with Crippen molar-refractivity contribution in [1.82, 2.24) is 0 Å². The first-order valence-corrected chi connectivity index (χ1v) is 6.86. The number of methoxy groups -OCH3 is 1. The summed E-state index contributed by atoms with van der Waals surface area (Å²) in [6.45, 7) is -0.284. The fraction of sp³-hybridized carbons (Fsp3) is 0.143. The third-order valence-corrected chi connectivity index (χ3v) is 3.43. The van der Waals surface area contributed by atoms with E-state index in [1.165, 1.54) is 24.5 Å². The molecule has 0 unspecified atom stereocenters. The Balaban J connectivity index is 1.95. The first kappa shape index (κ1) is 14.9. The summed E-state index contributed by atoms with van der Waals surface area (Å²) < 4.78 is 9.82. The van der Waals surface area contributed by atoms with E-state index in [9.17, 15) is 14.7 Å². The van der Waals surface area contributed by atoms with Gasteiger partial charge >= 0.3 is 5.97 Å². The number of hydrogen-bond donors (Lipinski definition) is 2. The Bertz CT molecular complexity index is 652. The van der Waals surface area contributed by atoms with Crippen LogP contribution in [0.3, 0.4) is 0 Å². The summed E-state index contributed by atoms with van der Waals surface area (Å²) in [4.78, 5) is 23.6. The molecular weight excluding hydrogens is 294 g/mol. The van der Waals surface area contributed by atoms with E-state index in [0.717, 1.165) is 0 Å². The number of nitrogens with one attached hydrogen (secondary N) is 1. The van der Waals surface area contributed by atoms with Crippen LogP contribution in [0.2, 0.25) is 0 Å². The second-order valence-electron chi connectivity index (χ2n) is 3.96. The third kappa shape index (κ3) is 3.73. The number of amides is 1. The van der Waals surface area contributed by atoms with E-state index < -0.39 is 11.9 Å². The third-order valence-electron chi connectivity index (χ3n) is 2.53. The Labute approximate surface area is 124 Å². The zero-order valence-corrected chi connectivity index (χ0v) is 12.0. The predicted molar refractivity (Wildman–Crippen MR) is 77.9 cm³/mol. The van der Waals surface area contributed by atoms with Crippen LogP contribution in [0.4, 0.5) is 5.69 Å². The first-order chi connectivity index (χ1) is 10.1. The minimum atomic E-state index is -0.512. The van der Waals surface area contributed by atoms with Crippen molar-refractivity contribution >= 4 is 28.9 Å². The number of hydrogen-bond acceptors (Lipinski definition) is 6. The van der Waals surface area contributed by atoms with E-state index in [1.807, 2.05) is 0 Å². The van der Waals surface area contributed by atoms with E-state index in [4.69, 9.17) is 4.74 Å². The van der Waals surface area contributed by atoms with Crippen LogP contribution in [0.1, 0.15) is 9.67 Å². The van der Waals surface area contributed by atoms with Gasteiger partial charge in [-0.1, -0.05) is 12.1 Å². The molecule has 0 bridgehead atoms. The Morgan fingerprint density at radius 3 is 2.76 bits per heavy atom. The standard InChI is InChI=1S/C14H13NO5S/c1-19-14(18)13-9(6-7-21-13)15-12(17)8-20-11-5-3-2-4-10(11)16/h2-7,16H,8H2,1H3,(H,15,17). The molecule has 2 rings (SSSR count). The van der Waals surface area contributed by atoms with Crippen LogP contribution in [-0.4, -0.2) is 30.7 Å². The van der Waals surface area contributed by atoms with Gasteiger partial charge < -0.3 is 19.9 Å². The molecule has 0 saturated heterocycles. The fourth-order valence-corrected chi connectivity index (χ4v) is 2.33. The number of esters is 1. The van der Waals surface area contributed by atoms with Crippen molar-refractivity contribution in [2.75, 3.05) is 19.0 Å². The van der Waals surface area contributed by atoms with Gasteiger partial charge in [0.15, 0.2) is 18.1 Å². The Morgan fingerprint density at radius 1 is 1.29 bits per heavy atom. The average molecular weight is 307 g/mol. The van der Waals surface area contributed by atoms with Crippen LogP contribution >= 0.6 is 11.3 Å². The van der Waals surface area contributed by atoms with Crippen molar-refractivity contribution < 1.29 is 24.2 Å². The normalized spacial score (nSPS) is 9.95. The molecule has 1 aromatic carbocycles. The van der Waals surface area contributed by atoms with Gasteiger partial charge in [0, 0.05) is 0 Å². The summed E-state index contributed by atoms with van der Waals surface area (Å²) in [5.41, 5.74) is 0.373. The highest BCUT2D eigenvalue weighted by atomic mass is 32.1. The van der Waals surface area contributed by atoms with Gasteiger partial charge in [-0.05, 0) is 23.6 Å². The Kier molecular flexibility index (Phi) is 4.78. The van der Waals surface area contributed by atoms with E-state index in [2.05, 4.69) is 10.1 Å². The number of benzene rings is 1. The minimum absolute atomic E-state index is 0.0453. The lowest BCUT2D eigenvalue weighted by atomic mass is 10.3. The van der Waals surface area contributed by atoms with Crippen LogP contribution in [-0.2, 0) is 9.53 Å². The molecule has 0 saturated carbocycles.